The minimum atomic E-state index is -0.326. The second-order valence-electron chi connectivity index (χ2n) is 5.32. The summed E-state index contributed by atoms with van der Waals surface area (Å²) in [5.74, 6) is 0.316. The number of rotatable bonds is 3. The first-order valence-corrected chi connectivity index (χ1v) is 6.81. The number of nitriles is 1. The van der Waals surface area contributed by atoms with Crippen LogP contribution in [0.1, 0.15) is 38.2 Å². The van der Waals surface area contributed by atoms with Crippen molar-refractivity contribution >= 4 is 11.6 Å². The zero-order valence-corrected chi connectivity index (χ0v) is 11.3. The highest BCUT2D eigenvalue weighted by molar-refractivity contribution is 6.31. The van der Waals surface area contributed by atoms with Gasteiger partial charge in [-0.15, -0.1) is 0 Å². The number of benzene rings is 1. The molecule has 0 N–H and O–H groups in total. The van der Waals surface area contributed by atoms with Gasteiger partial charge >= 0.3 is 0 Å². The summed E-state index contributed by atoms with van der Waals surface area (Å²) in [7, 11) is 0. The summed E-state index contributed by atoms with van der Waals surface area (Å²) >= 11 is 6.05. The molecule has 96 valence electrons. The van der Waals surface area contributed by atoms with Gasteiger partial charge in [-0.25, -0.2) is 4.39 Å². The average molecular weight is 266 g/mol. The SMILES string of the molecule is CCC1CCC(C#N)(Cc2ccc(F)cc2Cl)C1. The van der Waals surface area contributed by atoms with E-state index in [4.69, 9.17) is 11.6 Å². The van der Waals surface area contributed by atoms with Crippen LogP contribution in [0.3, 0.4) is 0 Å². The highest BCUT2D eigenvalue weighted by Gasteiger charge is 2.39. The topological polar surface area (TPSA) is 23.8 Å². The third-order valence-corrected chi connectivity index (χ3v) is 4.42. The van der Waals surface area contributed by atoms with Crippen LogP contribution in [0.25, 0.3) is 0 Å². The zero-order valence-electron chi connectivity index (χ0n) is 10.5. The van der Waals surface area contributed by atoms with E-state index >= 15 is 0 Å². The fourth-order valence-corrected chi connectivity index (χ4v) is 3.15. The van der Waals surface area contributed by atoms with Crippen molar-refractivity contribution in [2.45, 2.75) is 39.0 Å². The van der Waals surface area contributed by atoms with E-state index in [1.54, 1.807) is 6.07 Å². The van der Waals surface area contributed by atoms with E-state index in [1.165, 1.54) is 12.1 Å². The molecule has 0 aliphatic heterocycles. The normalized spacial score (nSPS) is 27.1. The Hall–Kier alpha value is -1.07. The first kappa shape index (κ1) is 13.4. The molecule has 0 bridgehead atoms. The predicted octanol–water partition coefficient (Wildman–Crippen LogP) is 4.74. The third-order valence-electron chi connectivity index (χ3n) is 4.07. The van der Waals surface area contributed by atoms with Crippen LogP contribution in [0.4, 0.5) is 4.39 Å². The molecule has 2 rings (SSSR count). The van der Waals surface area contributed by atoms with Gasteiger partial charge < -0.3 is 0 Å². The van der Waals surface area contributed by atoms with Gasteiger partial charge in [0.2, 0.25) is 0 Å². The Bertz CT molecular complexity index is 480. The molecule has 2 atom stereocenters. The number of hydrogen-bond donors (Lipinski definition) is 0. The molecule has 0 amide bonds. The lowest BCUT2D eigenvalue weighted by Crippen LogP contribution is -2.18. The van der Waals surface area contributed by atoms with Crippen LogP contribution < -0.4 is 0 Å². The van der Waals surface area contributed by atoms with Crippen LogP contribution in [0.2, 0.25) is 5.02 Å². The van der Waals surface area contributed by atoms with Gasteiger partial charge in [-0.05, 0) is 49.3 Å². The van der Waals surface area contributed by atoms with Crippen molar-refractivity contribution in [3.05, 3.63) is 34.6 Å². The largest absolute Gasteiger partial charge is 0.207 e. The lowest BCUT2D eigenvalue weighted by atomic mass is 9.80. The summed E-state index contributed by atoms with van der Waals surface area (Å²) in [6, 6.07) is 6.93. The minimum absolute atomic E-state index is 0.303. The molecule has 2 unspecified atom stereocenters. The van der Waals surface area contributed by atoms with Crippen molar-refractivity contribution in [3.63, 3.8) is 0 Å². The highest BCUT2D eigenvalue weighted by Crippen LogP contribution is 2.45. The minimum Gasteiger partial charge on any atom is -0.207 e. The maximum Gasteiger partial charge on any atom is 0.124 e. The summed E-state index contributed by atoms with van der Waals surface area (Å²) in [6.45, 7) is 2.17. The van der Waals surface area contributed by atoms with Gasteiger partial charge in [-0.3, -0.25) is 0 Å². The van der Waals surface area contributed by atoms with Crippen molar-refractivity contribution < 1.29 is 4.39 Å². The number of hydrogen-bond acceptors (Lipinski definition) is 1. The van der Waals surface area contributed by atoms with Gasteiger partial charge in [-0.1, -0.05) is 31.0 Å². The van der Waals surface area contributed by atoms with Crippen LogP contribution in [0.5, 0.6) is 0 Å². The maximum absolute atomic E-state index is 13.0. The zero-order chi connectivity index (χ0) is 13.2. The highest BCUT2D eigenvalue weighted by atomic mass is 35.5. The molecule has 18 heavy (non-hydrogen) atoms. The molecule has 1 aromatic rings. The monoisotopic (exact) mass is 265 g/mol. The van der Waals surface area contributed by atoms with E-state index in [0.29, 0.717) is 17.4 Å². The summed E-state index contributed by atoms with van der Waals surface area (Å²) in [5.41, 5.74) is 0.582. The lowest BCUT2D eigenvalue weighted by molar-refractivity contribution is 0.380. The Labute approximate surface area is 113 Å². The molecule has 1 aliphatic rings. The molecule has 0 heterocycles. The fourth-order valence-electron chi connectivity index (χ4n) is 2.92. The van der Waals surface area contributed by atoms with Crippen molar-refractivity contribution in [1.82, 2.24) is 0 Å². The molecule has 0 radical (unpaired) electrons. The molecule has 0 aromatic heterocycles. The summed E-state index contributed by atoms with van der Waals surface area (Å²) in [6.07, 6.45) is 4.74. The van der Waals surface area contributed by atoms with Gasteiger partial charge in [0, 0.05) is 5.02 Å². The molecule has 3 heteroatoms. The molecule has 1 aliphatic carbocycles. The lowest BCUT2D eigenvalue weighted by Gasteiger charge is -2.21. The quantitative estimate of drug-likeness (QED) is 0.774. The molecule has 0 spiro atoms. The Balaban J connectivity index is 2.19. The molecule has 1 aromatic carbocycles. The van der Waals surface area contributed by atoms with Crippen molar-refractivity contribution in [1.29, 1.82) is 5.26 Å². The van der Waals surface area contributed by atoms with Crippen LogP contribution in [0, 0.1) is 28.5 Å². The van der Waals surface area contributed by atoms with Gasteiger partial charge in [0.05, 0.1) is 11.5 Å². The predicted molar refractivity (Wildman–Crippen MR) is 70.8 cm³/mol. The Morgan fingerprint density at radius 2 is 2.33 bits per heavy atom. The molecule has 0 saturated heterocycles. The molecule has 1 fully saturated rings. The summed E-state index contributed by atoms with van der Waals surface area (Å²) in [5, 5.41) is 9.90. The smallest absolute Gasteiger partial charge is 0.124 e. The van der Waals surface area contributed by atoms with Crippen molar-refractivity contribution in [3.8, 4) is 6.07 Å². The van der Waals surface area contributed by atoms with Gasteiger partial charge in [0.1, 0.15) is 5.82 Å². The second-order valence-corrected chi connectivity index (χ2v) is 5.73. The first-order chi connectivity index (χ1) is 8.58. The molecular formula is C15H17ClFN. The van der Waals surface area contributed by atoms with Crippen molar-refractivity contribution in [2.24, 2.45) is 11.3 Å². The van der Waals surface area contributed by atoms with Crippen LogP contribution in [-0.2, 0) is 6.42 Å². The maximum atomic E-state index is 13.0. The van der Waals surface area contributed by atoms with Crippen molar-refractivity contribution in [2.75, 3.05) is 0 Å². The molecule has 1 saturated carbocycles. The van der Waals surface area contributed by atoms with Crippen LogP contribution in [-0.4, -0.2) is 0 Å². The van der Waals surface area contributed by atoms with E-state index in [0.717, 1.165) is 31.2 Å². The van der Waals surface area contributed by atoms with Gasteiger partial charge in [0.15, 0.2) is 0 Å². The fraction of sp³-hybridized carbons (Fsp3) is 0.533. The Morgan fingerprint density at radius 1 is 1.56 bits per heavy atom. The third kappa shape index (κ3) is 2.67. The van der Waals surface area contributed by atoms with E-state index in [-0.39, 0.29) is 11.2 Å². The van der Waals surface area contributed by atoms with E-state index < -0.39 is 0 Å². The van der Waals surface area contributed by atoms with E-state index in [1.807, 2.05) is 0 Å². The Kier molecular flexibility index (Phi) is 3.92. The van der Waals surface area contributed by atoms with Gasteiger partial charge in [0.25, 0.3) is 0 Å². The summed E-state index contributed by atoms with van der Waals surface area (Å²) < 4.78 is 13.0. The number of nitrogens with zero attached hydrogens (tertiary/aromatic N) is 1. The number of halogens is 2. The Morgan fingerprint density at radius 3 is 2.89 bits per heavy atom. The van der Waals surface area contributed by atoms with Gasteiger partial charge in [-0.2, -0.15) is 5.26 Å². The second kappa shape index (κ2) is 5.28. The molecular weight excluding hydrogens is 249 g/mol. The molecule has 1 nitrogen and oxygen atoms in total. The van der Waals surface area contributed by atoms with Crippen LogP contribution >= 0.6 is 11.6 Å². The average Bonchev–Trinajstić information content (AvgIpc) is 2.77. The van der Waals surface area contributed by atoms with E-state index in [2.05, 4.69) is 13.0 Å². The van der Waals surface area contributed by atoms with E-state index in [9.17, 15) is 9.65 Å². The first-order valence-electron chi connectivity index (χ1n) is 6.44. The summed E-state index contributed by atoms with van der Waals surface area (Å²) in [4.78, 5) is 0. The van der Waals surface area contributed by atoms with Crippen LogP contribution in [0.15, 0.2) is 18.2 Å². The standard InChI is InChI=1S/C15H17ClFN/c1-2-11-5-6-15(8-11,10-18)9-12-3-4-13(17)7-14(12)16/h3-4,7,11H,2,5-6,8-9H2,1H3.